The number of hydrogen-bond acceptors (Lipinski definition) is 2. The fourth-order valence-electron chi connectivity index (χ4n) is 1.85. The minimum absolute atomic E-state index is 0.663. The lowest BCUT2D eigenvalue weighted by molar-refractivity contribution is 1.02. The van der Waals surface area contributed by atoms with E-state index in [9.17, 15) is 0 Å². The first kappa shape index (κ1) is 14.0. The summed E-state index contributed by atoms with van der Waals surface area (Å²) in [5.74, 6) is 0. The lowest BCUT2D eigenvalue weighted by Crippen LogP contribution is -2.05. The molecule has 0 fully saturated rings. The molecule has 0 radical (unpaired) electrons. The molecule has 0 heterocycles. The molecule has 2 aromatic carbocycles. The molecule has 0 unspecified atom stereocenters. The molecular weight excluding hydrogens is 279 g/mol. The number of hydrogen-bond donors (Lipinski definition) is 2. The molecule has 0 saturated carbocycles. The van der Waals surface area contributed by atoms with Crippen molar-refractivity contribution in [2.75, 3.05) is 17.6 Å². The molecule has 0 aromatic heterocycles. The number of halogens is 2. The lowest BCUT2D eigenvalue weighted by atomic mass is 10.1. The van der Waals surface area contributed by atoms with Crippen LogP contribution in [0.5, 0.6) is 0 Å². The Morgan fingerprint density at radius 3 is 2.58 bits per heavy atom. The smallest absolute Gasteiger partial charge is 0.0453 e. The van der Waals surface area contributed by atoms with Crippen molar-refractivity contribution in [3.63, 3.8) is 0 Å². The molecule has 0 saturated heterocycles. The molecule has 19 heavy (non-hydrogen) atoms. The van der Waals surface area contributed by atoms with Crippen molar-refractivity contribution < 1.29 is 0 Å². The van der Waals surface area contributed by atoms with Crippen molar-refractivity contribution in [1.82, 2.24) is 0 Å². The first-order chi connectivity index (χ1) is 9.06. The average Bonchev–Trinajstić information content (AvgIpc) is 2.36. The van der Waals surface area contributed by atoms with Crippen molar-refractivity contribution >= 4 is 34.6 Å². The molecule has 100 valence electrons. The van der Waals surface area contributed by atoms with Gasteiger partial charge in [-0.3, -0.25) is 0 Å². The van der Waals surface area contributed by atoms with Crippen LogP contribution in [0.15, 0.2) is 36.4 Å². The van der Waals surface area contributed by atoms with E-state index >= 15 is 0 Å². The monoisotopic (exact) mass is 294 g/mol. The van der Waals surface area contributed by atoms with E-state index < -0.39 is 0 Å². The van der Waals surface area contributed by atoms with Gasteiger partial charge in [0.1, 0.15) is 0 Å². The van der Waals surface area contributed by atoms with Crippen LogP contribution >= 0.6 is 23.2 Å². The fraction of sp³-hybridized carbons (Fsp3) is 0.200. The maximum Gasteiger partial charge on any atom is 0.0453 e. The van der Waals surface area contributed by atoms with Crippen LogP contribution in [0.25, 0.3) is 0 Å². The van der Waals surface area contributed by atoms with Crippen molar-refractivity contribution in [1.29, 1.82) is 0 Å². The zero-order chi connectivity index (χ0) is 13.8. The third-order valence-electron chi connectivity index (χ3n) is 3.01. The molecule has 0 bridgehead atoms. The van der Waals surface area contributed by atoms with Gasteiger partial charge in [-0.05, 0) is 54.8 Å². The van der Waals surface area contributed by atoms with Crippen molar-refractivity contribution in [3.05, 3.63) is 57.6 Å². The summed E-state index contributed by atoms with van der Waals surface area (Å²) in [4.78, 5) is 0. The van der Waals surface area contributed by atoms with Crippen LogP contribution in [0.2, 0.25) is 10.0 Å². The molecule has 0 amide bonds. The second-order valence-electron chi connectivity index (χ2n) is 4.48. The Bertz CT molecular complexity index is 582. The fourth-order valence-corrected chi connectivity index (χ4v) is 2.35. The van der Waals surface area contributed by atoms with E-state index in [0.29, 0.717) is 10.0 Å². The predicted octanol–water partition coefficient (Wildman–Crippen LogP) is 4.54. The van der Waals surface area contributed by atoms with Gasteiger partial charge in [-0.2, -0.15) is 0 Å². The number of anilines is 2. The van der Waals surface area contributed by atoms with Crippen LogP contribution in [0.3, 0.4) is 0 Å². The third-order valence-corrected chi connectivity index (χ3v) is 3.60. The van der Waals surface area contributed by atoms with E-state index in [1.807, 2.05) is 37.3 Å². The Kier molecular flexibility index (Phi) is 4.56. The van der Waals surface area contributed by atoms with Gasteiger partial charge in [0.25, 0.3) is 0 Å². The van der Waals surface area contributed by atoms with Crippen molar-refractivity contribution in [2.45, 2.75) is 13.3 Å². The minimum Gasteiger partial charge on any atom is -0.399 e. The minimum atomic E-state index is 0.663. The normalized spacial score (nSPS) is 10.5. The second kappa shape index (κ2) is 6.18. The first-order valence-corrected chi connectivity index (χ1v) is 6.86. The Morgan fingerprint density at radius 1 is 1.11 bits per heavy atom. The highest BCUT2D eigenvalue weighted by molar-refractivity contribution is 6.35. The molecular formula is C15H16Cl2N2. The number of nitrogens with one attached hydrogen (secondary N) is 1. The van der Waals surface area contributed by atoms with E-state index in [-0.39, 0.29) is 0 Å². The summed E-state index contributed by atoms with van der Waals surface area (Å²) in [6.07, 6.45) is 0.847. The number of benzene rings is 2. The number of rotatable bonds is 4. The molecule has 0 aliphatic rings. The van der Waals surface area contributed by atoms with Gasteiger partial charge in [-0.15, -0.1) is 0 Å². The summed E-state index contributed by atoms with van der Waals surface area (Å²) in [5.41, 5.74) is 9.83. The van der Waals surface area contributed by atoms with Gasteiger partial charge in [0.15, 0.2) is 0 Å². The van der Waals surface area contributed by atoms with Gasteiger partial charge >= 0.3 is 0 Å². The van der Waals surface area contributed by atoms with Crippen LogP contribution in [0.1, 0.15) is 11.1 Å². The average molecular weight is 295 g/mol. The quantitative estimate of drug-likeness (QED) is 0.813. The Morgan fingerprint density at radius 2 is 1.89 bits per heavy atom. The molecule has 4 heteroatoms. The van der Waals surface area contributed by atoms with Gasteiger partial charge in [0.05, 0.1) is 0 Å². The van der Waals surface area contributed by atoms with E-state index in [1.165, 1.54) is 0 Å². The van der Waals surface area contributed by atoms with Crippen LogP contribution in [-0.4, -0.2) is 6.54 Å². The molecule has 3 N–H and O–H groups in total. The van der Waals surface area contributed by atoms with Gasteiger partial charge in [-0.1, -0.05) is 29.3 Å². The topological polar surface area (TPSA) is 38.0 Å². The predicted molar refractivity (Wildman–Crippen MR) is 84.2 cm³/mol. The number of nitrogens with two attached hydrogens (primary N) is 1. The highest BCUT2D eigenvalue weighted by Crippen LogP contribution is 2.22. The highest BCUT2D eigenvalue weighted by atomic mass is 35.5. The van der Waals surface area contributed by atoms with Crippen LogP contribution in [0, 0.1) is 6.92 Å². The summed E-state index contributed by atoms with van der Waals surface area (Å²) >= 11 is 12.0. The van der Waals surface area contributed by atoms with Crippen molar-refractivity contribution in [2.24, 2.45) is 0 Å². The third kappa shape index (κ3) is 3.79. The summed E-state index contributed by atoms with van der Waals surface area (Å²) in [5, 5.41) is 4.73. The van der Waals surface area contributed by atoms with Crippen LogP contribution in [0.4, 0.5) is 11.4 Å². The van der Waals surface area contributed by atoms with Crippen LogP contribution < -0.4 is 11.1 Å². The maximum absolute atomic E-state index is 6.13. The molecule has 2 rings (SSSR count). The Balaban J connectivity index is 1.94. The standard InChI is InChI=1S/C15H16Cl2N2/c1-10-8-13(4-5-15(10)18)19-7-6-11-2-3-12(16)9-14(11)17/h2-5,8-9,19H,6-7,18H2,1H3. The molecule has 0 atom stereocenters. The molecule has 2 nitrogen and oxygen atoms in total. The maximum atomic E-state index is 6.13. The molecule has 0 spiro atoms. The zero-order valence-electron chi connectivity index (χ0n) is 10.7. The Labute approximate surface area is 123 Å². The van der Waals surface area contributed by atoms with E-state index in [2.05, 4.69) is 5.32 Å². The Hall–Kier alpha value is -1.38. The molecule has 2 aromatic rings. The van der Waals surface area contributed by atoms with Crippen molar-refractivity contribution in [3.8, 4) is 0 Å². The van der Waals surface area contributed by atoms with Gasteiger partial charge in [0, 0.05) is 28.0 Å². The molecule has 0 aliphatic carbocycles. The van der Waals surface area contributed by atoms with E-state index in [4.69, 9.17) is 28.9 Å². The lowest BCUT2D eigenvalue weighted by Gasteiger charge is -2.09. The van der Waals surface area contributed by atoms with E-state index in [0.717, 1.165) is 35.5 Å². The highest BCUT2D eigenvalue weighted by Gasteiger charge is 2.01. The second-order valence-corrected chi connectivity index (χ2v) is 5.33. The summed E-state index contributed by atoms with van der Waals surface area (Å²) in [6, 6.07) is 11.5. The summed E-state index contributed by atoms with van der Waals surface area (Å²) in [6.45, 7) is 2.81. The van der Waals surface area contributed by atoms with E-state index in [1.54, 1.807) is 6.07 Å². The number of aryl methyl sites for hydroxylation is 1. The van der Waals surface area contributed by atoms with Gasteiger partial charge in [0.2, 0.25) is 0 Å². The van der Waals surface area contributed by atoms with Gasteiger partial charge < -0.3 is 11.1 Å². The van der Waals surface area contributed by atoms with Crippen LogP contribution in [-0.2, 0) is 6.42 Å². The summed E-state index contributed by atoms with van der Waals surface area (Å²) in [7, 11) is 0. The zero-order valence-corrected chi connectivity index (χ0v) is 12.2. The molecule has 0 aliphatic heterocycles. The largest absolute Gasteiger partial charge is 0.399 e. The first-order valence-electron chi connectivity index (χ1n) is 6.10. The van der Waals surface area contributed by atoms with Gasteiger partial charge in [-0.25, -0.2) is 0 Å². The summed E-state index contributed by atoms with van der Waals surface area (Å²) < 4.78 is 0. The SMILES string of the molecule is Cc1cc(NCCc2ccc(Cl)cc2Cl)ccc1N. The number of nitrogen functional groups attached to an aromatic ring is 1.